The van der Waals surface area contributed by atoms with Gasteiger partial charge >= 0.3 is 0 Å². The summed E-state index contributed by atoms with van der Waals surface area (Å²) in [5.74, 6) is -0.194. The molecule has 2 aromatic carbocycles. The van der Waals surface area contributed by atoms with Crippen LogP contribution in [0.15, 0.2) is 42.5 Å². The van der Waals surface area contributed by atoms with Gasteiger partial charge in [-0.15, -0.1) is 0 Å². The van der Waals surface area contributed by atoms with E-state index in [1.165, 1.54) is 12.1 Å². The zero-order chi connectivity index (χ0) is 16.8. The van der Waals surface area contributed by atoms with Crippen LogP contribution in [-0.2, 0) is 0 Å². The SMILES string of the molecule is Cc1ccc(C(=O)NCCNc2c(Cl)cccc2[N+](=O)[O-])cc1. The number of nitrogens with zero attached hydrogens (tertiary/aromatic N) is 1. The lowest BCUT2D eigenvalue weighted by molar-refractivity contribution is -0.383. The van der Waals surface area contributed by atoms with Crippen molar-refractivity contribution < 1.29 is 9.72 Å². The van der Waals surface area contributed by atoms with E-state index in [9.17, 15) is 14.9 Å². The molecular formula is C16H16ClN3O3. The first-order chi connectivity index (χ1) is 11.0. The van der Waals surface area contributed by atoms with Gasteiger partial charge in [0.2, 0.25) is 0 Å². The first kappa shape index (κ1) is 16.8. The predicted molar refractivity (Wildman–Crippen MR) is 90.1 cm³/mol. The van der Waals surface area contributed by atoms with Crippen LogP contribution < -0.4 is 10.6 Å². The highest BCUT2D eigenvalue weighted by Crippen LogP contribution is 2.31. The number of aryl methyl sites for hydroxylation is 1. The number of carbonyl (C=O) groups is 1. The summed E-state index contributed by atoms with van der Waals surface area (Å²) >= 11 is 5.97. The third kappa shape index (κ3) is 4.43. The molecule has 1 amide bonds. The number of hydrogen-bond donors (Lipinski definition) is 2. The summed E-state index contributed by atoms with van der Waals surface area (Å²) in [7, 11) is 0. The highest BCUT2D eigenvalue weighted by atomic mass is 35.5. The fourth-order valence-electron chi connectivity index (χ4n) is 2.01. The Balaban J connectivity index is 1.90. The van der Waals surface area contributed by atoms with Crippen molar-refractivity contribution in [1.82, 2.24) is 5.32 Å². The highest BCUT2D eigenvalue weighted by Gasteiger charge is 2.15. The molecule has 0 aliphatic rings. The van der Waals surface area contributed by atoms with Crippen LogP contribution in [0.25, 0.3) is 0 Å². The van der Waals surface area contributed by atoms with Gasteiger partial charge in [-0.25, -0.2) is 0 Å². The van der Waals surface area contributed by atoms with Crippen molar-refractivity contribution >= 4 is 28.9 Å². The Morgan fingerprint density at radius 2 is 1.87 bits per heavy atom. The standard InChI is InChI=1S/C16H16ClN3O3/c1-11-5-7-12(8-6-11)16(21)19-10-9-18-15-13(17)3-2-4-14(15)20(22)23/h2-8,18H,9-10H2,1H3,(H,19,21). The van der Waals surface area contributed by atoms with Crippen LogP contribution in [0, 0.1) is 17.0 Å². The van der Waals surface area contributed by atoms with Crippen LogP contribution in [0.5, 0.6) is 0 Å². The minimum atomic E-state index is -0.501. The Bertz CT molecular complexity index is 717. The lowest BCUT2D eigenvalue weighted by Crippen LogP contribution is -2.28. The third-order valence-corrected chi connectivity index (χ3v) is 3.53. The van der Waals surface area contributed by atoms with Crippen LogP contribution >= 0.6 is 11.6 Å². The number of hydrogen-bond acceptors (Lipinski definition) is 4. The molecule has 0 heterocycles. The van der Waals surface area contributed by atoms with Crippen molar-refractivity contribution in [2.75, 3.05) is 18.4 Å². The Morgan fingerprint density at radius 3 is 2.52 bits per heavy atom. The maximum atomic E-state index is 11.9. The lowest BCUT2D eigenvalue weighted by Gasteiger charge is -2.10. The van der Waals surface area contributed by atoms with E-state index in [0.717, 1.165) is 5.56 Å². The molecule has 6 nitrogen and oxygen atoms in total. The van der Waals surface area contributed by atoms with Gasteiger partial charge in [-0.05, 0) is 25.1 Å². The molecule has 0 radical (unpaired) electrons. The van der Waals surface area contributed by atoms with Crippen LogP contribution in [0.1, 0.15) is 15.9 Å². The van der Waals surface area contributed by atoms with E-state index >= 15 is 0 Å². The molecule has 0 saturated carbocycles. The van der Waals surface area contributed by atoms with Crippen molar-refractivity contribution in [3.8, 4) is 0 Å². The third-order valence-electron chi connectivity index (χ3n) is 3.21. The number of nitro benzene ring substituents is 1. The normalized spacial score (nSPS) is 10.2. The van der Waals surface area contributed by atoms with Crippen molar-refractivity contribution in [3.63, 3.8) is 0 Å². The summed E-state index contributed by atoms with van der Waals surface area (Å²) < 4.78 is 0. The second kappa shape index (κ2) is 7.60. The summed E-state index contributed by atoms with van der Waals surface area (Å²) in [6.07, 6.45) is 0. The first-order valence-corrected chi connectivity index (χ1v) is 7.38. The Kier molecular flexibility index (Phi) is 5.54. The summed E-state index contributed by atoms with van der Waals surface area (Å²) in [4.78, 5) is 22.4. The van der Waals surface area contributed by atoms with Gasteiger partial charge in [0, 0.05) is 24.7 Å². The Morgan fingerprint density at radius 1 is 1.17 bits per heavy atom. The van der Waals surface area contributed by atoms with E-state index in [1.54, 1.807) is 18.2 Å². The van der Waals surface area contributed by atoms with E-state index in [-0.39, 0.29) is 22.3 Å². The zero-order valence-electron chi connectivity index (χ0n) is 12.5. The summed E-state index contributed by atoms with van der Waals surface area (Å²) in [5, 5.41) is 16.9. The molecule has 0 aromatic heterocycles. The molecule has 23 heavy (non-hydrogen) atoms. The summed E-state index contributed by atoms with van der Waals surface area (Å²) in [6.45, 7) is 2.58. The fraction of sp³-hybridized carbons (Fsp3) is 0.188. The molecule has 0 atom stereocenters. The molecule has 2 aromatic rings. The van der Waals surface area contributed by atoms with Crippen LogP contribution in [0.2, 0.25) is 5.02 Å². The molecule has 7 heteroatoms. The average molecular weight is 334 g/mol. The number of rotatable bonds is 6. The smallest absolute Gasteiger partial charge is 0.293 e. The quantitative estimate of drug-likeness (QED) is 0.482. The van der Waals surface area contributed by atoms with Crippen LogP contribution in [0.3, 0.4) is 0 Å². The van der Waals surface area contributed by atoms with Crippen molar-refractivity contribution in [3.05, 3.63) is 68.7 Å². The molecule has 2 rings (SSSR count). The van der Waals surface area contributed by atoms with Gasteiger partial charge in [-0.2, -0.15) is 0 Å². The average Bonchev–Trinajstić information content (AvgIpc) is 2.52. The molecule has 120 valence electrons. The predicted octanol–water partition coefficient (Wildman–Crippen LogP) is 3.40. The number of anilines is 1. The second-order valence-corrected chi connectivity index (χ2v) is 5.35. The van der Waals surface area contributed by atoms with Crippen molar-refractivity contribution in [1.29, 1.82) is 0 Å². The number of para-hydroxylation sites is 1. The zero-order valence-corrected chi connectivity index (χ0v) is 13.3. The van der Waals surface area contributed by atoms with Gasteiger partial charge < -0.3 is 10.6 Å². The minimum Gasteiger partial charge on any atom is -0.376 e. The summed E-state index contributed by atoms with van der Waals surface area (Å²) in [5.41, 5.74) is 1.81. The van der Waals surface area contributed by atoms with Gasteiger partial charge in [0.15, 0.2) is 0 Å². The van der Waals surface area contributed by atoms with Crippen molar-refractivity contribution in [2.45, 2.75) is 6.92 Å². The Labute approximate surface area is 138 Å². The molecule has 0 fully saturated rings. The van der Waals surface area contributed by atoms with E-state index in [0.29, 0.717) is 18.7 Å². The highest BCUT2D eigenvalue weighted by molar-refractivity contribution is 6.33. The topological polar surface area (TPSA) is 84.3 Å². The lowest BCUT2D eigenvalue weighted by atomic mass is 10.1. The van der Waals surface area contributed by atoms with Gasteiger partial charge in [-0.1, -0.05) is 35.4 Å². The first-order valence-electron chi connectivity index (χ1n) is 7.00. The van der Waals surface area contributed by atoms with Gasteiger partial charge in [0.1, 0.15) is 5.69 Å². The van der Waals surface area contributed by atoms with Gasteiger partial charge in [0.05, 0.1) is 9.95 Å². The van der Waals surface area contributed by atoms with E-state index in [1.807, 2.05) is 19.1 Å². The molecule has 0 unspecified atom stereocenters. The molecule has 2 N–H and O–H groups in total. The number of carbonyl (C=O) groups excluding carboxylic acids is 1. The number of halogens is 1. The monoisotopic (exact) mass is 333 g/mol. The van der Waals surface area contributed by atoms with Gasteiger partial charge in [-0.3, -0.25) is 14.9 Å². The minimum absolute atomic E-state index is 0.0950. The van der Waals surface area contributed by atoms with Crippen LogP contribution in [0.4, 0.5) is 11.4 Å². The molecule has 0 bridgehead atoms. The van der Waals surface area contributed by atoms with Gasteiger partial charge in [0.25, 0.3) is 11.6 Å². The molecular weight excluding hydrogens is 318 g/mol. The molecule has 0 aliphatic heterocycles. The number of nitrogens with one attached hydrogen (secondary N) is 2. The summed E-state index contributed by atoms with van der Waals surface area (Å²) in [6, 6.07) is 11.7. The second-order valence-electron chi connectivity index (χ2n) is 4.94. The Hall–Kier alpha value is -2.60. The van der Waals surface area contributed by atoms with E-state index in [2.05, 4.69) is 10.6 Å². The largest absolute Gasteiger partial charge is 0.376 e. The number of amides is 1. The maximum Gasteiger partial charge on any atom is 0.293 e. The van der Waals surface area contributed by atoms with Crippen molar-refractivity contribution in [2.24, 2.45) is 0 Å². The van der Waals surface area contributed by atoms with Crippen LogP contribution in [-0.4, -0.2) is 23.9 Å². The maximum absolute atomic E-state index is 11.9. The number of benzene rings is 2. The molecule has 0 spiro atoms. The number of nitro groups is 1. The molecule has 0 aliphatic carbocycles. The molecule has 0 saturated heterocycles. The van der Waals surface area contributed by atoms with E-state index < -0.39 is 4.92 Å². The fourth-order valence-corrected chi connectivity index (χ4v) is 2.25. The van der Waals surface area contributed by atoms with E-state index in [4.69, 9.17) is 11.6 Å².